The number of ether oxygens (including phenoxy) is 2. The smallest absolute Gasteiger partial charge is 0.340 e. The van der Waals surface area contributed by atoms with Crippen LogP contribution in [0.4, 0.5) is 4.39 Å². The number of halogens is 1. The number of nitrogens with two attached hydrogens (primary N) is 1. The lowest BCUT2D eigenvalue weighted by molar-refractivity contribution is -0.139. The molecule has 1 unspecified atom stereocenters. The van der Waals surface area contributed by atoms with Gasteiger partial charge in [0.2, 0.25) is 11.8 Å². The standard InChI is InChI=1S/C16H14FN3O5/c1-2-24-15(22)10-9(7-5-3-4-6-8(7)17)11-13(21)19-16(23)20-14(11)25-12(10)18/h3-6,9H,2,18H2,1H3,(H2,19,20,21,23). The van der Waals surface area contributed by atoms with E-state index in [4.69, 9.17) is 15.2 Å². The van der Waals surface area contributed by atoms with Gasteiger partial charge < -0.3 is 15.2 Å². The molecule has 0 fully saturated rings. The Labute approximate surface area is 140 Å². The van der Waals surface area contributed by atoms with Crippen LogP contribution in [-0.2, 0) is 9.53 Å². The average Bonchev–Trinajstić information content (AvgIpc) is 2.53. The fraction of sp³-hybridized carbons (Fsp3) is 0.188. The van der Waals surface area contributed by atoms with Crippen molar-refractivity contribution in [3.05, 3.63) is 73.5 Å². The summed E-state index contributed by atoms with van der Waals surface area (Å²) in [5, 5.41) is 0. The molecule has 0 radical (unpaired) electrons. The van der Waals surface area contributed by atoms with Gasteiger partial charge in [0, 0.05) is 5.56 Å². The molecular formula is C16H14FN3O5. The van der Waals surface area contributed by atoms with Gasteiger partial charge in [-0.25, -0.2) is 14.0 Å². The summed E-state index contributed by atoms with van der Waals surface area (Å²) in [5.41, 5.74) is 3.84. The monoisotopic (exact) mass is 347 g/mol. The van der Waals surface area contributed by atoms with Crippen molar-refractivity contribution >= 4 is 5.97 Å². The Morgan fingerprint density at radius 1 is 1.32 bits per heavy atom. The Kier molecular flexibility index (Phi) is 4.14. The van der Waals surface area contributed by atoms with Gasteiger partial charge in [-0.2, -0.15) is 0 Å². The second-order valence-electron chi connectivity index (χ2n) is 5.21. The third kappa shape index (κ3) is 2.80. The van der Waals surface area contributed by atoms with Crippen molar-refractivity contribution in [2.45, 2.75) is 12.8 Å². The first-order valence-corrected chi connectivity index (χ1v) is 7.39. The number of hydrogen-bond donors (Lipinski definition) is 3. The van der Waals surface area contributed by atoms with Gasteiger partial charge in [0.1, 0.15) is 11.4 Å². The molecule has 2 aromatic rings. The first-order valence-electron chi connectivity index (χ1n) is 7.39. The van der Waals surface area contributed by atoms with E-state index in [1.165, 1.54) is 18.2 Å². The maximum atomic E-state index is 14.4. The van der Waals surface area contributed by atoms with Crippen LogP contribution in [0.3, 0.4) is 0 Å². The van der Waals surface area contributed by atoms with Crippen LogP contribution in [0.2, 0.25) is 0 Å². The zero-order valence-electron chi connectivity index (χ0n) is 13.1. The number of aromatic nitrogens is 2. The lowest BCUT2D eigenvalue weighted by atomic mass is 9.84. The van der Waals surface area contributed by atoms with Gasteiger partial charge >= 0.3 is 11.7 Å². The van der Waals surface area contributed by atoms with Crippen LogP contribution in [0.25, 0.3) is 0 Å². The van der Waals surface area contributed by atoms with Crippen LogP contribution < -0.4 is 21.7 Å². The molecule has 0 saturated carbocycles. The molecule has 9 heteroatoms. The molecule has 0 saturated heterocycles. The van der Waals surface area contributed by atoms with Crippen LogP contribution in [-0.4, -0.2) is 22.5 Å². The number of nitrogens with one attached hydrogen (secondary N) is 2. The summed E-state index contributed by atoms with van der Waals surface area (Å²) in [5.74, 6) is -3.30. The molecule has 8 nitrogen and oxygen atoms in total. The SMILES string of the molecule is CCOC(=O)C1=C(N)Oc2[nH]c(=O)[nH]c(=O)c2C1c1ccccc1F. The first-order chi connectivity index (χ1) is 11.9. The summed E-state index contributed by atoms with van der Waals surface area (Å²) in [7, 11) is 0. The van der Waals surface area contributed by atoms with Crippen molar-refractivity contribution in [2.24, 2.45) is 5.73 Å². The highest BCUT2D eigenvalue weighted by molar-refractivity contribution is 5.92. The predicted octanol–water partition coefficient (Wildman–Crippen LogP) is 0.460. The van der Waals surface area contributed by atoms with Crippen LogP contribution in [0.5, 0.6) is 5.88 Å². The van der Waals surface area contributed by atoms with Gasteiger partial charge in [0.15, 0.2) is 0 Å². The minimum absolute atomic E-state index is 0.0237. The number of esters is 1. The molecule has 0 aliphatic carbocycles. The number of aromatic amines is 2. The Bertz CT molecular complexity index is 992. The maximum Gasteiger partial charge on any atom is 0.340 e. The van der Waals surface area contributed by atoms with Gasteiger partial charge in [-0.1, -0.05) is 18.2 Å². The minimum Gasteiger partial charge on any atom is -0.462 e. The first kappa shape index (κ1) is 16.5. The van der Waals surface area contributed by atoms with E-state index >= 15 is 0 Å². The van der Waals surface area contributed by atoms with Gasteiger partial charge in [-0.3, -0.25) is 14.8 Å². The normalized spacial score (nSPS) is 16.2. The van der Waals surface area contributed by atoms with E-state index < -0.39 is 29.0 Å². The van der Waals surface area contributed by atoms with Crippen LogP contribution in [0.15, 0.2) is 45.3 Å². The van der Waals surface area contributed by atoms with E-state index in [2.05, 4.69) is 4.98 Å². The lowest BCUT2D eigenvalue weighted by Crippen LogP contribution is -2.36. The van der Waals surface area contributed by atoms with Crippen LogP contribution in [0.1, 0.15) is 24.0 Å². The number of carbonyl (C=O) groups excluding carboxylic acids is 1. The molecule has 0 spiro atoms. The van der Waals surface area contributed by atoms with E-state index in [-0.39, 0.29) is 35.1 Å². The third-order valence-corrected chi connectivity index (χ3v) is 3.71. The van der Waals surface area contributed by atoms with Gasteiger partial charge in [0.05, 0.1) is 18.1 Å². The molecule has 1 aliphatic heterocycles. The summed E-state index contributed by atoms with van der Waals surface area (Å²) in [6, 6.07) is 5.61. The highest BCUT2D eigenvalue weighted by atomic mass is 19.1. The summed E-state index contributed by atoms with van der Waals surface area (Å²) < 4.78 is 24.6. The van der Waals surface area contributed by atoms with Gasteiger partial charge in [-0.05, 0) is 13.0 Å². The molecule has 130 valence electrons. The number of hydrogen-bond acceptors (Lipinski definition) is 6. The molecule has 1 aromatic heterocycles. The minimum atomic E-state index is -1.19. The molecule has 2 heterocycles. The topological polar surface area (TPSA) is 127 Å². The zero-order valence-corrected chi connectivity index (χ0v) is 13.1. The summed E-state index contributed by atoms with van der Waals surface area (Å²) in [6.45, 7) is 1.64. The average molecular weight is 347 g/mol. The van der Waals surface area contributed by atoms with Crippen LogP contribution >= 0.6 is 0 Å². The Balaban J connectivity index is 2.32. The van der Waals surface area contributed by atoms with Crippen molar-refractivity contribution in [1.29, 1.82) is 0 Å². The van der Waals surface area contributed by atoms with Crippen molar-refractivity contribution in [3.8, 4) is 5.88 Å². The Hall–Kier alpha value is -3.36. The number of benzene rings is 1. The van der Waals surface area contributed by atoms with Gasteiger partial charge in [0.25, 0.3) is 5.56 Å². The number of carbonyl (C=O) groups is 1. The molecule has 1 atom stereocenters. The van der Waals surface area contributed by atoms with Crippen molar-refractivity contribution in [1.82, 2.24) is 9.97 Å². The fourth-order valence-electron chi connectivity index (χ4n) is 2.72. The highest BCUT2D eigenvalue weighted by Gasteiger charge is 2.39. The van der Waals surface area contributed by atoms with Crippen molar-refractivity contribution < 1.29 is 18.7 Å². The summed E-state index contributed by atoms with van der Waals surface area (Å²) in [6.07, 6.45) is 0. The number of rotatable bonds is 3. The molecule has 0 bridgehead atoms. The summed E-state index contributed by atoms with van der Waals surface area (Å²) >= 11 is 0. The molecule has 1 aliphatic rings. The van der Waals surface area contributed by atoms with Crippen LogP contribution in [0, 0.1) is 5.82 Å². The molecule has 4 N–H and O–H groups in total. The van der Waals surface area contributed by atoms with E-state index in [1.54, 1.807) is 13.0 Å². The lowest BCUT2D eigenvalue weighted by Gasteiger charge is -2.27. The maximum absolute atomic E-state index is 14.4. The van der Waals surface area contributed by atoms with E-state index in [9.17, 15) is 18.8 Å². The zero-order chi connectivity index (χ0) is 18.1. The highest BCUT2D eigenvalue weighted by Crippen LogP contribution is 2.40. The second-order valence-corrected chi connectivity index (χ2v) is 5.21. The third-order valence-electron chi connectivity index (χ3n) is 3.71. The quantitative estimate of drug-likeness (QED) is 0.692. The second kappa shape index (κ2) is 6.27. The Morgan fingerprint density at radius 2 is 2.04 bits per heavy atom. The molecule has 0 amide bonds. The van der Waals surface area contributed by atoms with E-state index in [0.29, 0.717) is 0 Å². The Morgan fingerprint density at radius 3 is 2.72 bits per heavy atom. The van der Waals surface area contributed by atoms with Crippen molar-refractivity contribution in [2.75, 3.05) is 6.61 Å². The van der Waals surface area contributed by atoms with E-state index in [0.717, 1.165) is 0 Å². The van der Waals surface area contributed by atoms with E-state index in [1.807, 2.05) is 4.98 Å². The molecule has 1 aromatic carbocycles. The number of fused-ring (bicyclic) bond motifs is 1. The fourth-order valence-corrected chi connectivity index (χ4v) is 2.72. The molecule has 3 rings (SSSR count). The number of H-pyrrole nitrogens is 2. The molecular weight excluding hydrogens is 333 g/mol. The predicted molar refractivity (Wildman–Crippen MR) is 84.4 cm³/mol. The molecule has 25 heavy (non-hydrogen) atoms. The largest absolute Gasteiger partial charge is 0.462 e. The van der Waals surface area contributed by atoms with Crippen molar-refractivity contribution in [3.63, 3.8) is 0 Å². The summed E-state index contributed by atoms with van der Waals surface area (Å²) in [4.78, 5) is 40.5. The van der Waals surface area contributed by atoms with Gasteiger partial charge in [-0.15, -0.1) is 0 Å².